The predicted molar refractivity (Wildman–Crippen MR) is 83.9 cm³/mol. The van der Waals surface area contributed by atoms with Crippen LogP contribution in [0.1, 0.15) is 11.3 Å². The summed E-state index contributed by atoms with van der Waals surface area (Å²) < 4.78 is 8.83. The number of aryl methyl sites for hydroxylation is 2. The second kappa shape index (κ2) is 5.29. The summed E-state index contributed by atoms with van der Waals surface area (Å²) in [6, 6.07) is 14.2. The normalized spacial score (nSPS) is 10.9. The van der Waals surface area contributed by atoms with E-state index in [2.05, 4.69) is 33.2 Å². The van der Waals surface area contributed by atoms with E-state index in [1.54, 1.807) is 0 Å². The average molecular weight is 331 g/mol. The van der Waals surface area contributed by atoms with Gasteiger partial charge in [-0.3, -0.25) is 4.68 Å². The van der Waals surface area contributed by atoms with Gasteiger partial charge in [-0.1, -0.05) is 40.2 Å². The van der Waals surface area contributed by atoms with Crippen molar-refractivity contribution >= 4 is 26.8 Å². The maximum absolute atomic E-state index is 5.92. The zero-order valence-electron chi connectivity index (χ0n) is 11.4. The molecule has 0 unspecified atom stereocenters. The van der Waals surface area contributed by atoms with Crippen LogP contribution < -0.4 is 4.74 Å². The molecule has 0 aliphatic heterocycles. The Morgan fingerprint density at radius 1 is 1.20 bits per heavy atom. The number of rotatable bonds is 3. The standard InChI is InChI=1S/C16H15BrN2O/c1-11-7-8-12(17)9-16(11)20-10-14-13-5-3-4-6-15(13)19(2)18-14/h3-9H,10H2,1-2H3. The number of hydrogen-bond acceptors (Lipinski definition) is 2. The van der Waals surface area contributed by atoms with Crippen molar-refractivity contribution in [2.45, 2.75) is 13.5 Å². The Hall–Kier alpha value is -1.81. The fourth-order valence-electron chi connectivity index (χ4n) is 2.27. The molecule has 3 nitrogen and oxygen atoms in total. The van der Waals surface area contributed by atoms with E-state index in [0.29, 0.717) is 6.61 Å². The first kappa shape index (κ1) is 13.2. The lowest BCUT2D eigenvalue weighted by Crippen LogP contribution is -1.99. The Balaban J connectivity index is 1.89. The maximum atomic E-state index is 5.92. The number of halogens is 1. The Labute approximate surface area is 126 Å². The first-order chi connectivity index (χ1) is 9.65. The van der Waals surface area contributed by atoms with E-state index in [1.807, 2.05) is 49.0 Å². The number of aromatic nitrogens is 2. The van der Waals surface area contributed by atoms with Gasteiger partial charge in [0.15, 0.2) is 0 Å². The highest BCUT2D eigenvalue weighted by Gasteiger charge is 2.09. The van der Waals surface area contributed by atoms with Crippen LogP contribution in [0.25, 0.3) is 10.9 Å². The Bertz CT molecular complexity index is 764. The predicted octanol–water partition coefficient (Wildman–Crippen LogP) is 4.22. The van der Waals surface area contributed by atoms with Gasteiger partial charge in [-0.25, -0.2) is 0 Å². The number of hydrogen-bond donors (Lipinski definition) is 0. The van der Waals surface area contributed by atoms with Gasteiger partial charge in [-0.2, -0.15) is 5.10 Å². The Kier molecular flexibility index (Phi) is 3.49. The summed E-state index contributed by atoms with van der Waals surface area (Å²) in [5, 5.41) is 5.68. The zero-order chi connectivity index (χ0) is 14.1. The molecule has 0 saturated carbocycles. The van der Waals surface area contributed by atoms with Gasteiger partial charge in [0.25, 0.3) is 0 Å². The second-order valence-electron chi connectivity index (χ2n) is 4.79. The van der Waals surface area contributed by atoms with E-state index in [1.165, 1.54) is 0 Å². The van der Waals surface area contributed by atoms with Gasteiger partial charge >= 0.3 is 0 Å². The molecular formula is C16H15BrN2O. The van der Waals surface area contributed by atoms with Crippen LogP contribution >= 0.6 is 15.9 Å². The summed E-state index contributed by atoms with van der Waals surface area (Å²) in [6.07, 6.45) is 0. The molecule has 0 N–H and O–H groups in total. The average Bonchev–Trinajstić information content (AvgIpc) is 2.77. The molecule has 0 atom stereocenters. The lowest BCUT2D eigenvalue weighted by Gasteiger charge is -2.08. The summed E-state index contributed by atoms with van der Waals surface area (Å²) >= 11 is 3.47. The molecule has 0 spiro atoms. The topological polar surface area (TPSA) is 27.1 Å². The number of ether oxygens (including phenoxy) is 1. The molecule has 20 heavy (non-hydrogen) atoms. The van der Waals surface area contributed by atoms with E-state index in [9.17, 15) is 0 Å². The maximum Gasteiger partial charge on any atom is 0.133 e. The molecule has 3 aromatic rings. The fraction of sp³-hybridized carbons (Fsp3) is 0.188. The van der Waals surface area contributed by atoms with E-state index < -0.39 is 0 Å². The van der Waals surface area contributed by atoms with E-state index >= 15 is 0 Å². The van der Waals surface area contributed by atoms with Crippen LogP contribution in [0, 0.1) is 6.92 Å². The van der Waals surface area contributed by atoms with Crippen molar-refractivity contribution in [1.82, 2.24) is 9.78 Å². The third kappa shape index (κ3) is 2.43. The summed E-state index contributed by atoms with van der Waals surface area (Å²) in [6.45, 7) is 2.51. The Morgan fingerprint density at radius 2 is 2.00 bits per heavy atom. The van der Waals surface area contributed by atoms with Crippen molar-refractivity contribution in [3.8, 4) is 5.75 Å². The third-order valence-electron chi connectivity index (χ3n) is 3.35. The monoisotopic (exact) mass is 330 g/mol. The van der Waals surface area contributed by atoms with Gasteiger partial charge in [0.2, 0.25) is 0 Å². The van der Waals surface area contributed by atoms with E-state index in [-0.39, 0.29) is 0 Å². The molecule has 0 fully saturated rings. The largest absolute Gasteiger partial charge is 0.487 e. The number of fused-ring (bicyclic) bond motifs is 1. The van der Waals surface area contributed by atoms with Crippen LogP contribution in [0.15, 0.2) is 46.9 Å². The van der Waals surface area contributed by atoms with Gasteiger partial charge in [0.1, 0.15) is 18.1 Å². The number of nitrogens with zero attached hydrogens (tertiary/aromatic N) is 2. The van der Waals surface area contributed by atoms with Crippen molar-refractivity contribution in [3.05, 3.63) is 58.2 Å². The van der Waals surface area contributed by atoms with Crippen molar-refractivity contribution in [1.29, 1.82) is 0 Å². The molecule has 1 aromatic heterocycles. The molecule has 0 aliphatic rings. The minimum Gasteiger partial charge on any atom is -0.487 e. The summed E-state index contributed by atoms with van der Waals surface area (Å²) in [5.41, 5.74) is 3.20. The molecule has 0 aliphatic carbocycles. The quantitative estimate of drug-likeness (QED) is 0.718. The lowest BCUT2D eigenvalue weighted by atomic mass is 10.2. The Morgan fingerprint density at radius 3 is 2.85 bits per heavy atom. The third-order valence-corrected chi connectivity index (χ3v) is 3.84. The molecule has 4 heteroatoms. The van der Waals surface area contributed by atoms with Gasteiger partial charge in [-0.15, -0.1) is 0 Å². The molecule has 0 bridgehead atoms. The molecule has 2 aromatic carbocycles. The summed E-state index contributed by atoms with van der Waals surface area (Å²) in [7, 11) is 1.95. The van der Waals surface area contributed by atoms with Gasteiger partial charge in [0, 0.05) is 16.9 Å². The highest BCUT2D eigenvalue weighted by atomic mass is 79.9. The molecule has 3 rings (SSSR count). The summed E-state index contributed by atoms with van der Waals surface area (Å²) in [5.74, 6) is 0.883. The van der Waals surface area contributed by atoms with Crippen molar-refractivity contribution in [2.75, 3.05) is 0 Å². The molecular weight excluding hydrogens is 316 g/mol. The minimum absolute atomic E-state index is 0.471. The van der Waals surface area contributed by atoms with Crippen LogP contribution in [0.3, 0.4) is 0 Å². The van der Waals surface area contributed by atoms with Crippen LogP contribution in [-0.2, 0) is 13.7 Å². The summed E-state index contributed by atoms with van der Waals surface area (Å²) in [4.78, 5) is 0. The van der Waals surface area contributed by atoms with E-state index in [4.69, 9.17) is 4.74 Å². The smallest absolute Gasteiger partial charge is 0.133 e. The second-order valence-corrected chi connectivity index (χ2v) is 5.70. The SMILES string of the molecule is Cc1ccc(Br)cc1OCc1nn(C)c2ccccc12. The van der Waals surface area contributed by atoms with Gasteiger partial charge in [0.05, 0.1) is 5.52 Å². The first-order valence-corrected chi connectivity index (χ1v) is 7.24. The molecule has 102 valence electrons. The van der Waals surface area contributed by atoms with Crippen LogP contribution in [0.4, 0.5) is 0 Å². The highest BCUT2D eigenvalue weighted by molar-refractivity contribution is 9.10. The van der Waals surface area contributed by atoms with Crippen molar-refractivity contribution in [3.63, 3.8) is 0 Å². The number of benzene rings is 2. The zero-order valence-corrected chi connectivity index (χ0v) is 13.0. The first-order valence-electron chi connectivity index (χ1n) is 6.45. The van der Waals surface area contributed by atoms with Gasteiger partial charge < -0.3 is 4.74 Å². The molecule has 0 saturated heterocycles. The van der Waals surface area contributed by atoms with Crippen LogP contribution in [0.5, 0.6) is 5.75 Å². The number of para-hydroxylation sites is 1. The lowest BCUT2D eigenvalue weighted by molar-refractivity contribution is 0.299. The van der Waals surface area contributed by atoms with E-state index in [0.717, 1.165) is 32.4 Å². The fourth-order valence-corrected chi connectivity index (χ4v) is 2.61. The van der Waals surface area contributed by atoms with Crippen LogP contribution in [0.2, 0.25) is 0 Å². The van der Waals surface area contributed by atoms with Crippen molar-refractivity contribution < 1.29 is 4.74 Å². The highest BCUT2D eigenvalue weighted by Crippen LogP contribution is 2.25. The minimum atomic E-state index is 0.471. The molecule has 0 amide bonds. The van der Waals surface area contributed by atoms with Crippen LogP contribution in [-0.4, -0.2) is 9.78 Å². The molecule has 1 heterocycles. The van der Waals surface area contributed by atoms with Crippen molar-refractivity contribution in [2.24, 2.45) is 7.05 Å². The van der Waals surface area contributed by atoms with Gasteiger partial charge in [-0.05, 0) is 30.7 Å². The molecule has 0 radical (unpaired) electrons.